The third-order valence-electron chi connectivity index (χ3n) is 3.69. The Labute approximate surface area is 108 Å². The minimum atomic E-state index is 0.531. The molecule has 0 amide bonds. The van der Waals surface area contributed by atoms with Crippen molar-refractivity contribution in [1.82, 2.24) is 9.97 Å². The van der Waals surface area contributed by atoms with Gasteiger partial charge in [-0.05, 0) is 38.5 Å². The van der Waals surface area contributed by atoms with Crippen LogP contribution in [-0.2, 0) is 0 Å². The average Bonchev–Trinajstić information content (AvgIpc) is 2.28. The lowest BCUT2D eigenvalue weighted by molar-refractivity contribution is 0.340. The summed E-state index contributed by atoms with van der Waals surface area (Å²) in [4.78, 5) is 10.8. The Kier molecular flexibility index (Phi) is 3.87. The summed E-state index contributed by atoms with van der Waals surface area (Å²) in [7, 11) is 2.11. The highest BCUT2D eigenvalue weighted by Gasteiger charge is 2.22. The van der Waals surface area contributed by atoms with E-state index in [9.17, 15) is 0 Å². The van der Waals surface area contributed by atoms with E-state index in [1.54, 1.807) is 0 Å². The summed E-state index contributed by atoms with van der Waals surface area (Å²) in [5, 5.41) is 0.531. The number of anilines is 1. The molecular formula is C13H20ClN3. The molecule has 1 aliphatic carbocycles. The molecule has 1 heterocycles. The second kappa shape index (κ2) is 5.21. The first-order valence-corrected chi connectivity index (χ1v) is 6.68. The van der Waals surface area contributed by atoms with Crippen LogP contribution in [0.15, 0.2) is 6.07 Å². The Balaban J connectivity index is 2.10. The summed E-state index contributed by atoms with van der Waals surface area (Å²) >= 11 is 5.98. The number of hydrogen-bond acceptors (Lipinski definition) is 3. The van der Waals surface area contributed by atoms with Crippen LogP contribution in [0.5, 0.6) is 0 Å². The van der Waals surface area contributed by atoms with E-state index in [0.29, 0.717) is 11.2 Å². The number of hydrogen-bond donors (Lipinski definition) is 0. The van der Waals surface area contributed by atoms with Crippen molar-refractivity contribution in [2.45, 2.75) is 45.6 Å². The summed E-state index contributed by atoms with van der Waals surface area (Å²) < 4.78 is 0. The Hall–Kier alpha value is -0.830. The predicted octanol–water partition coefficient (Wildman–Crippen LogP) is 3.45. The Morgan fingerprint density at radius 2 is 1.88 bits per heavy atom. The fourth-order valence-electron chi connectivity index (χ4n) is 2.51. The van der Waals surface area contributed by atoms with E-state index in [0.717, 1.165) is 17.6 Å². The van der Waals surface area contributed by atoms with Gasteiger partial charge in [-0.1, -0.05) is 18.5 Å². The van der Waals surface area contributed by atoms with Crippen LogP contribution < -0.4 is 4.90 Å². The van der Waals surface area contributed by atoms with E-state index in [1.165, 1.54) is 25.7 Å². The van der Waals surface area contributed by atoms with Gasteiger partial charge in [0.25, 0.3) is 0 Å². The Bertz CT molecular complexity index is 366. The van der Waals surface area contributed by atoms with Gasteiger partial charge < -0.3 is 4.90 Å². The zero-order valence-corrected chi connectivity index (χ0v) is 11.5. The summed E-state index contributed by atoms with van der Waals surface area (Å²) in [6.45, 7) is 4.22. The van der Waals surface area contributed by atoms with E-state index in [4.69, 9.17) is 11.6 Å². The topological polar surface area (TPSA) is 29.0 Å². The van der Waals surface area contributed by atoms with Crippen molar-refractivity contribution in [2.75, 3.05) is 11.9 Å². The van der Waals surface area contributed by atoms with Crippen LogP contribution in [0, 0.1) is 12.8 Å². The lowest BCUT2D eigenvalue weighted by atomic mass is 9.87. The number of aryl methyl sites for hydroxylation is 1. The number of rotatable bonds is 2. The maximum absolute atomic E-state index is 5.98. The van der Waals surface area contributed by atoms with Crippen molar-refractivity contribution in [2.24, 2.45) is 5.92 Å². The molecule has 0 spiro atoms. The van der Waals surface area contributed by atoms with Gasteiger partial charge >= 0.3 is 0 Å². The predicted molar refractivity (Wildman–Crippen MR) is 71.6 cm³/mol. The monoisotopic (exact) mass is 253 g/mol. The fourth-order valence-corrected chi connectivity index (χ4v) is 2.73. The van der Waals surface area contributed by atoms with Crippen molar-refractivity contribution < 1.29 is 0 Å². The van der Waals surface area contributed by atoms with E-state index in [1.807, 2.05) is 13.0 Å². The molecule has 0 aromatic carbocycles. The molecule has 94 valence electrons. The van der Waals surface area contributed by atoms with Gasteiger partial charge in [-0.3, -0.25) is 0 Å². The highest BCUT2D eigenvalue weighted by molar-refractivity contribution is 6.29. The van der Waals surface area contributed by atoms with E-state index < -0.39 is 0 Å². The molecule has 0 saturated heterocycles. The molecule has 3 nitrogen and oxygen atoms in total. The minimum absolute atomic E-state index is 0.531. The average molecular weight is 254 g/mol. The van der Waals surface area contributed by atoms with E-state index in [2.05, 4.69) is 28.8 Å². The standard InChI is InChI=1S/C13H20ClN3/c1-9-4-6-11(7-5-9)17(3)13-8-12(14)15-10(2)16-13/h8-9,11H,4-7H2,1-3H3. The van der Waals surface area contributed by atoms with Crippen LogP contribution in [0.25, 0.3) is 0 Å². The maximum Gasteiger partial charge on any atom is 0.134 e. The molecule has 0 radical (unpaired) electrons. The second-order valence-electron chi connectivity index (χ2n) is 5.12. The molecule has 1 aliphatic rings. The molecule has 0 unspecified atom stereocenters. The molecule has 1 aromatic heterocycles. The molecule has 1 fully saturated rings. The van der Waals surface area contributed by atoms with Gasteiger partial charge in [0.1, 0.15) is 16.8 Å². The quantitative estimate of drug-likeness (QED) is 0.756. The molecule has 0 N–H and O–H groups in total. The first kappa shape index (κ1) is 12.6. The Morgan fingerprint density at radius 3 is 2.47 bits per heavy atom. The van der Waals surface area contributed by atoms with Crippen LogP contribution in [0.1, 0.15) is 38.4 Å². The van der Waals surface area contributed by atoms with Gasteiger partial charge in [-0.25, -0.2) is 9.97 Å². The zero-order chi connectivity index (χ0) is 12.4. The smallest absolute Gasteiger partial charge is 0.134 e. The van der Waals surface area contributed by atoms with Gasteiger partial charge in [0, 0.05) is 19.2 Å². The van der Waals surface area contributed by atoms with Gasteiger partial charge in [-0.15, -0.1) is 0 Å². The van der Waals surface area contributed by atoms with E-state index in [-0.39, 0.29) is 0 Å². The largest absolute Gasteiger partial charge is 0.357 e. The van der Waals surface area contributed by atoms with Gasteiger partial charge in [-0.2, -0.15) is 0 Å². The molecule has 0 atom stereocenters. The lowest BCUT2D eigenvalue weighted by Crippen LogP contribution is -2.35. The van der Waals surface area contributed by atoms with Gasteiger partial charge in [0.2, 0.25) is 0 Å². The van der Waals surface area contributed by atoms with Crippen LogP contribution in [-0.4, -0.2) is 23.1 Å². The van der Waals surface area contributed by atoms with Gasteiger partial charge in [0.05, 0.1) is 0 Å². The molecule has 1 saturated carbocycles. The number of halogens is 1. The van der Waals surface area contributed by atoms with Crippen LogP contribution in [0.3, 0.4) is 0 Å². The van der Waals surface area contributed by atoms with Crippen molar-refractivity contribution in [3.05, 3.63) is 17.0 Å². The SMILES string of the molecule is Cc1nc(Cl)cc(N(C)C2CCC(C)CC2)n1. The molecule has 17 heavy (non-hydrogen) atoms. The maximum atomic E-state index is 5.98. The zero-order valence-electron chi connectivity index (χ0n) is 10.8. The van der Waals surface area contributed by atoms with Crippen molar-refractivity contribution in [3.8, 4) is 0 Å². The summed E-state index contributed by atoms with van der Waals surface area (Å²) in [5.74, 6) is 2.56. The molecular weight excluding hydrogens is 234 g/mol. The van der Waals surface area contributed by atoms with E-state index >= 15 is 0 Å². The lowest BCUT2D eigenvalue weighted by Gasteiger charge is -2.34. The fraction of sp³-hybridized carbons (Fsp3) is 0.692. The second-order valence-corrected chi connectivity index (χ2v) is 5.51. The highest BCUT2D eigenvalue weighted by Crippen LogP contribution is 2.29. The summed E-state index contributed by atoms with van der Waals surface area (Å²) in [5.41, 5.74) is 0. The van der Waals surface area contributed by atoms with Crippen molar-refractivity contribution >= 4 is 17.4 Å². The molecule has 2 rings (SSSR count). The molecule has 0 bridgehead atoms. The van der Waals surface area contributed by atoms with Crippen LogP contribution >= 0.6 is 11.6 Å². The van der Waals surface area contributed by atoms with Crippen molar-refractivity contribution in [1.29, 1.82) is 0 Å². The normalized spacial score (nSPS) is 24.7. The van der Waals surface area contributed by atoms with Crippen molar-refractivity contribution in [3.63, 3.8) is 0 Å². The number of aromatic nitrogens is 2. The molecule has 1 aromatic rings. The number of nitrogens with zero attached hydrogens (tertiary/aromatic N) is 3. The van der Waals surface area contributed by atoms with Crippen LogP contribution in [0.4, 0.5) is 5.82 Å². The highest BCUT2D eigenvalue weighted by atomic mass is 35.5. The Morgan fingerprint density at radius 1 is 1.24 bits per heavy atom. The first-order valence-electron chi connectivity index (χ1n) is 6.30. The summed E-state index contributed by atoms with van der Waals surface area (Å²) in [6, 6.07) is 2.45. The summed E-state index contributed by atoms with van der Waals surface area (Å²) in [6.07, 6.45) is 5.12. The molecule has 0 aliphatic heterocycles. The van der Waals surface area contributed by atoms with Gasteiger partial charge in [0.15, 0.2) is 0 Å². The third kappa shape index (κ3) is 3.09. The van der Waals surface area contributed by atoms with Crippen LogP contribution in [0.2, 0.25) is 5.15 Å². The minimum Gasteiger partial charge on any atom is -0.357 e. The molecule has 4 heteroatoms. The third-order valence-corrected chi connectivity index (χ3v) is 3.88. The first-order chi connectivity index (χ1) is 8.06.